The number of benzene rings is 1. The predicted octanol–water partition coefficient (Wildman–Crippen LogP) is 3.45. The first-order valence-electron chi connectivity index (χ1n) is 11.3. The van der Waals surface area contributed by atoms with Crippen LogP contribution in [0, 0.1) is 11.8 Å². The van der Waals surface area contributed by atoms with E-state index in [-0.39, 0.29) is 11.7 Å². The summed E-state index contributed by atoms with van der Waals surface area (Å²) in [5, 5.41) is 3.55. The Morgan fingerprint density at radius 2 is 1.73 bits per heavy atom. The van der Waals surface area contributed by atoms with E-state index >= 15 is 0 Å². The van der Waals surface area contributed by atoms with Crippen LogP contribution in [0.1, 0.15) is 76.8 Å². The van der Waals surface area contributed by atoms with Gasteiger partial charge in [-0.15, -0.1) is 0 Å². The second-order valence-corrected chi connectivity index (χ2v) is 11.0. The molecule has 2 atom stereocenters. The smallest absolute Gasteiger partial charge is 0.250 e. The maximum atomic E-state index is 12.5. The fraction of sp³-hybridized carbons (Fsp3) is 0.696. The van der Waals surface area contributed by atoms with Crippen LogP contribution >= 0.6 is 0 Å². The van der Waals surface area contributed by atoms with Gasteiger partial charge in [-0.2, -0.15) is 0 Å². The SMILES string of the molecule is CC(C)C[C@H](N)C(=O)NS(=O)(=O)Cc1ccccc1CNC(C)CC1CCCCC1. The zero-order chi connectivity index (χ0) is 22.1. The number of hydrogen-bond acceptors (Lipinski definition) is 5. The highest BCUT2D eigenvalue weighted by Crippen LogP contribution is 2.27. The van der Waals surface area contributed by atoms with Crippen molar-refractivity contribution >= 4 is 15.9 Å². The number of nitrogens with one attached hydrogen (secondary N) is 2. The Bertz CT molecular complexity index is 774. The molecule has 4 N–H and O–H groups in total. The van der Waals surface area contributed by atoms with E-state index in [1.54, 1.807) is 6.07 Å². The number of sulfonamides is 1. The summed E-state index contributed by atoms with van der Waals surface area (Å²) in [6.45, 7) is 6.70. The van der Waals surface area contributed by atoms with Gasteiger partial charge in [0.25, 0.3) is 0 Å². The van der Waals surface area contributed by atoms with Gasteiger partial charge in [-0.3, -0.25) is 9.52 Å². The van der Waals surface area contributed by atoms with E-state index in [9.17, 15) is 13.2 Å². The Kier molecular flexibility index (Phi) is 9.78. The van der Waals surface area contributed by atoms with Crippen LogP contribution in [0.5, 0.6) is 0 Å². The molecule has 1 aliphatic rings. The molecule has 30 heavy (non-hydrogen) atoms. The molecule has 1 aliphatic carbocycles. The lowest BCUT2D eigenvalue weighted by molar-refractivity contribution is -0.120. The van der Waals surface area contributed by atoms with Crippen LogP contribution in [0.3, 0.4) is 0 Å². The summed E-state index contributed by atoms with van der Waals surface area (Å²) < 4.78 is 27.2. The largest absolute Gasteiger partial charge is 0.320 e. The summed E-state index contributed by atoms with van der Waals surface area (Å²) in [7, 11) is -3.81. The van der Waals surface area contributed by atoms with E-state index in [0.717, 1.165) is 17.9 Å². The van der Waals surface area contributed by atoms with Crippen molar-refractivity contribution in [2.45, 2.75) is 90.1 Å². The van der Waals surface area contributed by atoms with Crippen LogP contribution in [0.25, 0.3) is 0 Å². The minimum absolute atomic E-state index is 0.218. The number of carbonyl (C=O) groups is 1. The van der Waals surface area contributed by atoms with Gasteiger partial charge in [0.1, 0.15) is 0 Å². The van der Waals surface area contributed by atoms with Crippen molar-refractivity contribution in [1.82, 2.24) is 10.0 Å². The summed E-state index contributed by atoms with van der Waals surface area (Å²) in [5.41, 5.74) is 7.46. The first kappa shape index (κ1) is 24.8. The van der Waals surface area contributed by atoms with Crippen molar-refractivity contribution < 1.29 is 13.2 Å². The first-order valence-corrected chi connectivity index (χ1v) is 12.9. The molecule has 2 rings (SSSR count). The van der Waals surface area contributed by atoms with Gasteiger partial charge in [0.15, 0.2) is 0 Å². The van der Waals surface area contributed by atoms with E-state index in [2.05, 4.69) is 17.0 Å². The van der Waals surface area contributed by atoms with Crippen LogP contribution in [0.2, 0.25) is 0 Å². The zero-order valence-electron chi connectivity index (χ0n) is 18.7. The molecule has 0 heterocycles. The third-order valence-corrected chi connectivity index (χ3v) is 7.04. The highest BCUT2D eigenvalue weighted by Gasteiger charge is 2.22. The number of nitrogens with two attached hydrogens (primary N) is 1. The number of hydrogen-bond donors (Lipinski definition) is 3. The zero-order valence-corrected chi connectivity index (χ0v) is 19.5. The summed E-state index contributed by atoms with van der Waals surface area (Å²) >= 11 is 0. The minimum atomic E-state index is -3.81. The van der Waals surface area contributed by atoms with E-state index in [1.165, 1.54) is 32.1 Å². The summed E-state index contributed by atoms with van der Waals surface area (Å²) in [6, 6.07) is 7.05. The van der Waals surface area contributed by atoms with Crippen molar-refractivity contribution in [3.63, 3.8) is 0 Å². The van der Waals surface area contributed by atoms with Crippen LogP contribution in [0.4, 0.5) is 0 Å². The van der Waals surface area contributed by atoms with Gasteiger partial charge in [0.2, 0.25) is 15.9 Å². The van der Waals surface area contributed by atoms with Crippen molar-refractivity contribution in [2.24, 2.45) is 17.6 Å². The monoisotopic (exact) mass is 437 g/mol. The molecule has 0 saturated heterocycles. The molecule has 1 amide bonds. The average Bonchev–Trinajstić information content (AvgIpc) is 2.67. The second kappa shape index (κ2) is 11.8. The third kappa shape index (κ3) is 8.74. The maximum absolute atomic E-state index is 12.5. The maximum Gasteiger partial charge on any atom is 0.250 e. The van der Waals surface area contributed by atoms with Gasteiger partial charge in [-0.1, -0.05) is 70.2 Å². The van der Waals surface area contributed by atoms with E-state index in [0.29, 0.717) is 24.6 Å². The molecule has 1 fully saturated rings. The lowest BCUT2D eigenvalue weighted by Crippen LogP contribution is -2.44. The van der Waals surface area contributed by atoms with Crippen molar-refractivity contribution in [3.8, 4) is 0 Å². The predicted molar refractivity (Wildman–Crippen MR) is 122 cm³/mol. The lowest BCUT2D eigenvalue weighted by Gasteiger charge is -2.25. The normalized spacial score (nSPS) is 17.6. The van der Waals surface area contributed by atoms with Gasteiger partial charge < -0.3 is 11.1 Å². The second-order valence-electron chi connectivity index (χ2n) is 9.25. The van der Waals surface area contributed by atoms with Gasteiger partial charge in [0.05, 0.1) is 11.8 Å². The Morgan fingerprint density at radius 3 is 2.37 bits per heavy atom. The van der Waals surface area contributed by atoms with Crippen molar-refractivity contribution in [2.75, 3.05) is 0 Å². The van der Waals surface area contributed by atoms with Crippen molar-refractivity contribution in [1.29, 1.82) is 0 Å². The van der Waals surface area contributed by atoms with Crippen LogP contribution in [0.15, 0.2) is 24.3 Å². The molecule has 0 aromatic heterocycles. The van der Waals surface area contributed by atoms with E-state index in [4.69, 9.17) is 5.73 Å². The first-order chi connectivity index (χ1) is 14.2. The fourth-order valence-electron chi connectivity index (χ4n) is 4.25. The Labute approximate surface area is 182 Å². The van der Waals surface area contributed by atoms with Crippen molar-refractivity contribution in [3.05, 3.63) is 35.4 Å². The molecule has 7 heteroatoms. The fourth-order valence-corrected chi connectivity index (χ4v) is 5.47. The topological polar surface area (TPSA) is 101 Å². The summed E-state index contributed by atoms with van der Waals surface area (Å²) in [4.78, 5) is 12.1. The molecule has 170 valence electrons. The molecular formula is C23H39N3O3S. The summed E-state index contributed by atoms with van der Waals surface area (Å²) in [5.74, 6) is 0.139. The Balaban J connectivity index is 1.92. The quantitative estimate of drug-likeness (QED) is 0.492. The third-order valence-electron chi connectivity index (χ3n) is 5.83. The lowest BCUT2D eigenvalue weighted by atomic mass is 9.85. The highest BCUT2D eigenvalue weighted by atomic mass is 32.2. The van der Waals surface area contributed by atoms with Crippen LogP contribution < -0.4 is 15.8 Å². The van der Waals surface area contributed by atoms with Gasteiger partial charge in [0, 0.05) is 12.6 Å². The Morgan fingerprint density at radius 1 is 1.10 bits per heavy atom. The summed E-state index contributed by atoms with van der Waals surface area (Å²) in [6.07, 6.45) is 8.28. The molecule has 1 aromatic carbocycles. The number of carbonyl (C=O) groups excluding carboxylic acids is 1. The van der Waals surface area contributed by atoms with Crippen LogP contribution in [-0.2, 0) is 27.1 Å². The molecule has 1 saturated carbocycles. The van der Waals surface area contributed by atoms with Gasteiger partial charge in [-0.05, 0) is 42.7 Å². The average molecular weight is 438 g/mol. The van der Waals surface area contributed by atoms with Gasteiger partial charge in [-0.25, -0.2) is 8.42 Å². The standard InChI is InChI=1S/C23H39N3O3S/c1-17(2)13-22(24)23(27)26-30(28,29)16-21-12-8-7-11-20(21)15-25-18(3)14-19-9-5-4-6-10-19/h7-8,11-12,17-19,22,25H,4-6,9-10,13-16,24H2,1-3H3,(H,26,27)/t18?,22-/m0/s1. The highest BCUT2D eigenvalue weighted by molar-refractivity contribution is 7.89. The molecule has 1 unspecified atom stereocenters. The molecule has 0 spiro atoms. The molecule has 1 aromatic rings. The number of rotatable bonds is 11. The minimum Gasteiger partial charge on any atom is -0.320 e. The van der Waals surface area contributed by atoms with E-state index in [1.807, 2.05) is 32.0 Å². The molecule has 0 bridgehead atoms. The molecular weight excluding hydrogens is 398 g/mol. The van der Waals surface area contributed by atoms with Crippen LogP contribution in [-0.4, -0.2) is 26.4 Å². The van der Waals surface area contributed by atoms with Gasteiger partial charge >= 0.3 is 0 Å². The number of amides is 1. The molecule has 6 nitrogen and oxygen atoms in total. The molecule has 0 radical (unpaired) electrons. The van der Waals surface area contributed by atoms with E-state index < -0.39 is 22.0 Å². The Hall–Kier alpha value is -1.44. The molecule has 0 aliphatic heterocycles.